The second kappa shape index (κ2) is 12.0. The smallest absolute Gasteiger partial charge is 0.329 e. The van der Waals surface area contributed by atoms with Gasteiger partial charge in [0.15, 0.2) is 17.0 Å². The zero-order valence-corrected chi connectivity index (χ0v) is 23.1. The molecule has 0 saturated heterocycles. The van der Waals surface area contributed by atoms with Gasteiger partial charge in [-0.1, -0.05) is 0 Å². The number of nitrogens with zero attached hydrogens (tertiary/aromatic N) is 4. The third-order valence-corrected chi connectivity index (χ3v) is 5.10. The predicted octanol–water partition coefficient (Wildman–Crippen LogP) is 3.18. The van der Waals surface area contributed by atoms with E-state index >= 15 is 0 Å². The summed E-state index contributed by atoms with van der Waals surface area (Å²) < 4.78 is 10.8. The van der Waals surface area contributed by atoms with Crippen LogP contribution in [0.2, 0.25) is 0 Å². The minimum atomic E-state index is -1.02. The molecule has 1 amide bonds. The zero-order valence-electron chi connectivity index (χ0n) is 23.1. The number of anilines is 2. The summed E-state index contributed by atoms with van der Waals surface area (Å²) in [7, 11) is 0. The van der Waals surface area contributed by atoms with E-state index in [1.54, 1.807) is 72.0 Å². The molecule has 0 unspecified atom stereocenters. The normalized spacial score (nSPS) is 12.5. The topological polar surface area (TPSA) is 171 Å². The van der Waals surface area contributed by atoms with Crippen LogP contribution in [0.15, 0.2) is 36.8 Å². The third-order valence-electron chi connectivity index (χ3n) is 5.10. The highest BCUT2D eigenvalue weighted by Gasteiger charge is 2.28. The minimum absolute atomic E-state index is 0.0392. The Morgan fingerprint density at radius 1 is 0.949 bits per heavy atom. The predicted molar refractivity (Wildman–Crippen MR) is 145 cm³/mol. The lowest BCUT2D eigenvalue weighted by Crippen LogP contribution is -2.44. The molecule has 0 aliphatic heterocycles. The summed E-state index contributed by atoms with van der Waals surface area (Å²) in [5.41, 5.74) is 6.99. The van der Waals surface area contributed by atoms with E-state index in [4.69, 9.17) is 15.2 Å². The SMILES string of the molecule is CC(C)(C)OC(=O)CC[C@H](NC(=O)c1ccc(NCc2cnc3ncnc(N)c3n2)cc1)C(=O)OC(C)(C)C. The van der Waals surface area contributed by atoms with Gasteiger partial charge >= 0.3 is 11.9 Å². The van der Waals surface area contributed by atoms with E-state index in [-0.39, 0.29) is 18.7 Å². The molecule has 39 heavy (non-hydrogen) atoms. The number of nitrogens with one attached hydrogen (secondary N) is 2. The fourth-order valence-electron chi connectivity index (χ4n) is 3.43. The quantitative estimate of drug-likeness (QED) is 0.342. The van der Waals surface area contributed by atoms with Crippen LogP contribution >= 0.6 is 0 Å². The molecule has 1 aromatic carbocycles. The molecule has 1 atom stereocenters. The Labute approximate surface area is 227 Å². The minimum Gasteiger partial charge on any atom is -0.460 e. The molecule has 0 radical (unpaired) electrons. The number of esters is 2. The van der Waals surface area contributed by atoms with Crippen molar-refractivity contribution >= 4 is 40.5 Å². The van der Waals surface area contributed by atoms with E-state index in [2.05, 4.69) is 30.6 Å². The molecular formula is C27H35N7O5. The Bertz CT molecular complexity index is 1330. The summed E-state index contributed by atoms with van der Waals surface area (Å²) in [6.45, 7) is 10.8. The molecule has 4 N–H and O–H groups in total. The first-order chi connectivity index (χ1) is 18.2. The highest BCUT2D eigenvalue weighted by Crippen LogP contribution is 2.16. The number of hydrogen-bond acceptors (Lipinski definition) is 11. The number of rotatable bonds is 9. The highest BCUT2D eigenvalue weighted by molar-refractivity contribution is 5.97. The molecule has 0 saturated carbocycles. The fourth-order valence-corrected chi connectivity index (χ4v) is 3.43. The van der Waals surface area contributed by atoms with Crippen LogP contribution in [-0.4, -0.2) is 55.0 Å². The number of carbonyl (C=O) groups excluding carboxylic acids is 3. The fraction of sp³-hybridized carbons (Fsp3) is 0.444. The zero-order chi connectivity index (χ0) is 28.8. The van der Waals surface area contributed by atoms with Crippen molar-refractivity contribution in [1.29, 1.82) is 0 Å². The van der Waals surface area contributed by atoms with Gasteiger partial charge in [0, 0.05) is 17.7 Å². The van der Waals surface area contributed by atoms with Gasteiger partial charge in [-0.3, -0.25) is 9.59 Å². The van der Waals surface area contributed by atoms with Gasteiger partial charge in [-0.25, -0.2) is 24.7 Å². The van der Waals surface area contributed by atoms with Crippen molar-refractivity contribution in [3.05, 3.63) is 48.0 Å². The van der Waals surface area contributed by atoms with Gasteiger partial charge < -0.3 is 25.8 Å². The molecule has 2 aromatic heterocycles. The van der Waals surface area contributed by atoms with E-state index in [9.17, 15) is 14.4 Å². The van der Waals surface area contributed by atoms with E-state index in [0.29, 0.717) is 29.0 Å². The largest absolute Gasteiger partial charge is 0.460 e. The maximum absolute atomic E-state index is 12.9. The third kappa shape index (κ3) is 9.16. The molecule has 12 heteroatoms. The lowest BCUT2D eigenvalue weighted by atomic mass is 10.1. The number of nitrogens with two attached hydrogens (primary N) is 1. The summed E-state index contributed by atoms with van der Waals surface area (Å²) >= 11 is 0. The molecule has 0 aliphatic carbocycles. The van der Waals surface area contributed by atoms with Gasteiger partial charge in [0.05, 0.1) is 18.4 Å². The summed E-state index contributed by atoms with van der Waals surface area (Å²) in [5, 5.41) is 5.90. The van der Waals surface area contributed by atoms with Gasteiger partial charge in [0.25, 0.3) is 5.91 Å². The van der Waals surface area contributed by atoms with Crippen LogP contribution in [0, 0.1) is 0 Å². The van der Waals surface area contributed by atoms with Crippen molar-refractivity contribution < 1.29 is 23.9 Å². The summed E-state index contributed by atoms with van der Waals surface area (Å²) in [6.07, 6.45) is 2.91. The van der Waals surface area contributed by atoms with Crippen molar-refractivity contribution in [2.24, 2.45) is 0 Å². The molecular weight excluding hydrogens is 502 g/mol. The number of carbonyl (C=O) groups is 3. The van der Waals surface area contributed by atoms with E-state index in [1.165, 1.54) is 6.33 Å². The number of aromatic nitrogens is 4. The molecule has 3 rings (SSSR count). The first-order valence-electron chi connectivity index (χ1n) is 12.5. The molecule has 3 aromatic rings. The maximum atomic E-state index is 12.9. The molecule has 0 bridgehead atoms. The Balaban J connectivity index is 1.63. The summed E-state index contributed by atoms with van der Waals surface area (Å²) in [5.74, 6) is -1.31. The lowest BCUT2D eigenvalue weighted by molar-refractivity contribution is -0.158. The van der Waals surface area contributed by atoms with Crippen molar-refractivity contribution in [3.63, 3.8) is 0 Å². The molecule has 12 nitrogen and oxygen atoms in total. The summed E-state index contributed by atoms with van der Waals surface area (Å²) in [4.78, 5) is 54.6. The second-order valence-corrected chi connectivity index (χ2v) is 10.9. The van der Waals surface area contributed by atoms with Crippen LogP contribution in [0.4, 0.5) is 11.5 Å². The van der Waals surface area contributed by atoms with Gasteiger partial charge in [-0.15, -0.1) is 0 Å². The van der Waals surface area contributed by atoms with Crippen molar-refractivity contribution in [3.8, 4) is 0 Å². The van der Waals surface area contributed by atoms with E-state index in [1.807, 2.05) is 0 Å². The Morgan fingerprint density at radius 2 is 1.62 bits per heavy atom. The second-order valence-electron chi connectivity index (χ2n) is 10.9. The first kappa shape index (κ1) is 29.2. The van der Waals surface area contributed by atoms with Crippen LogP contribution in [0.1, 0.15) is 70.4 Å². The molecule has 0 fully saturated rings. The molecule has 2 heterocycles. The molecule has 208 valence electrons. The monoisotopic (exact) mass is 537 g/mol. The van der Waals surface area contributed by atoms with Crippen LogP contribution < -0.4 is 16.4 Å². The number of benzene rings is 1. The van der Waals surface area contributed by atoms with Crippen molar-refractivity contribution in [2.45, 2.75) is 78.2 Å². The number of ether oxygens (including phenoxy) is 2. The number of nitrogen functional groups attached to an aromatic ring is 1. The average molecular weight is 538 g/mol. The van der Waals surface area contributed by atoms with E-state index in [0.717, 1.165) is 5.69 Å². The lowest BCUT2D eigenvalue weighted by Gasteiger charge is -2.25. The Morgan fingerprint density at radius 3 is 2.26 bits per heavy atom. The van der Waals surface area contributed by atoms with Crippen LogP contribution in [0.25, 0.3) is 11.2 Å². The van der Waals surface area contributed by atoms with Gasteiger partial charge in [0.2, 0.25) is 0 Å². The standard InChI is InChI=1S/C27H35N7O5/c1-26(2,3)38-20(35)12-11-19(25(37)39-27(4,5)6)34-24(36)16-7-9-17(10-8-16)29-13-18-14-30-23-21(33-18)22(28)31-15-32-23/h7-10,14-15,19,29H,11-13H2,1-6H3,(H,34,36)(H2,28,30,31,32)/t19-/m0/s1. The number of fused-ring (bicyclic) bond motifs is 1. The summed E-state index contributed by atoms with van der Waals surface area (Å²) in [6, 6.07) is 5.67. The molecule has 0 spiro atoms. The number of amides is 1. The maximum Gasteiger partial charge on any atom is 0.329 e. The highest BCUT2D eigenvalue weighted by atomic mass is 16.6. The average Bonchev–Trinajstić information content (AvgIpc) is 2.83. The van der Waals surface area contributed by atoms with Crippen LogP contribution in [0.5, 0.6) is 0 Å². The van der Waals surface area contributed by atoms with E-state index < -0.39 is 35.1 Å². The van der Waals surface area contributed by atoms with Crippen molar-refractivity contribution in [1.82, 2.24) is 25.3 Å². The Kier molecular flexibility index (Phi) is 9.00. The Hall–Kier alpha value is -4.35. The van der Waals surface area contributed by atoms with Gasteiger partial charge in [-0.05, 0) is 72.2 Å². The number of hydrogen-bond donors (Lipinski definition) is 3. The van der Waals surface area contributed by atoms with Gasteiger partial charge in [0.1, 0.15) is 23.6 Å². The van der Waals surface area contributed by atoms with Crippen molar-refractivity contribution in [2.75, 3.05) is 11.1 Å². The first-order valence-corrected chi connectivity index (χ1v) is 12.5. The van der Waals surface area contributed by atoms with Crippen LogP contribution in [0.3, 0.4) is 0 Å². The molecule has 0 aliphatic rings. The van der Waals surface area contributed by atoms with Crippen LogP contribution in [-0.2, 0) is 25.6 Å². The van der Waals surface area contributed by atoms with Gasteiger partial charge in [-0.2, -0.15) is 0 Å².